The molecule has 0 bridgehead atoms. The van der Waals surface area contributed by atoms with E-state index in [9.17, 15) is 4.79 Å². The Bertz CT molecular complexity index is 395. The van der Waals surface area contributed by atoms with Crippen LogP contribution in [0.1, 0.15) is 18.4 Å². The first-order valence-corrected chi connectivity index (χ1v) is 5.03. The number of unbranched alkanes of at least 4 members (excludes halogenated alkanes) is 1. The molecule has 0 atom stereocenters. The SMILES string of the molecule is N#CCCCOc1cccc(CC(=O)O)c1. The van der Waals surface area contributed by atoms with Crippen LogP contribution in [0.15, 0.2) is 24.3 Å². The normalized spacial score (nSPS) is 9.44. The van der Waals surface area contributed by atoms with Crippen molar-refractivity contribution in [2.24, 2.45) is 0 Å². The highest BCUT2D eigenvalue weighted by Crippen LogP contribution is 2.14. The van der Waals surface area contributed by atoms with E-state index in [-0.39, 0.29) is 6.42 Å². The number of carboxylic acids is 1. The highest BCUT2D eigenvalue weighted by Gasteiger charge is 2.01. The van der Waals surface area contributed by atoms with Crippen molar-refractivity contribution in [1.82, 2.24) is 0 Å². The van der Waals surface area contributed by atoms with E-state index in [0.29, 0.717) is 30.8 Å². The molecule has 0 aliphatic rings. The Hall–Kier alpha value is -2.02. The van der Waals surface area contributed by atoms with Gasteiger partial charge in [-0.25, -0.2) is 0 Å². The summed E-state index contributed by atoms with van der Waals surface area (Å²) in [5.41, 5.74) is 0.713. The van der Waals surface area contributed by atoms with Gasteiger partial charge in [-0.05, 0) is 24.1 Å². The first-order chi connectivity index (χ1) is 7.72. The van der Waals surface area contributed by atoms with Crippen LogP contribution in [0.2, 0.25) is 0 Å². The number of rotatable bonds is 6. The zero-order chi connectivity index (χ0) is 11.8. The lowest BCUT2D eigenvalue weighted by atomic mass is 10.1. The van der Waals surface area contributed by atoms with E-state index in [1.165, 1.54) is 0 Å². The molecule has 84 valence electrons. The maximum absolute atomic E-state index is 10.5. The molecule has 4 nitrogen and oxygen atoms in total. The minimum atomic E-state index is -0.860. The molecule has 4 heteroatoms. The van der Waals surface area contributed by atoms with Gasteiger partial charge in [-0.1, -0.05) is 12.1 Å². The first-order valence-electron chi connectivity index (χ1n) is 5.03. The molecule has 0 heterocycles. The van der Waals surface area contributed by atoms with Gasteiger partial charge >= 0.3 is 5.97 Å². The molecule has 0 aliphatic heterocycles. The Morgan fingerprint density at radius 1 is 1.50 bits per heavy atom. The van der Waals surface area contributed by atoms with Crippen molar-refractivity contribution in [2.45, 2.75) is 19.3 Å². The van der Waals surface area contributed by atoms with Crippen LogP contribution in [-0.4, -0.2) is 17.7 Å². The molecular formula is C12H13NO3. The lowest BCUT2D eigenvalue weighted by molar-refractivity contribution is -0.136. The van der Waals surface area contributed by atoms with Crippen LogP contribution in [0, 0.1) is 11.3 Å². The van der Waals surface area contributed by atoms with Crippen molar-refractivity contribution in [1.29, 1.82) is 5.26 Å². The Kier molecular flexibility index (Phi) is 4.87. The number of aliphatic carboxylic acids is 1. The average molecular weight is 219 g/mol. The zero-order valence-electron chi connectivity index (χ0n) is 8.85. The predicted molar refractivity (Wildman–Crippen MR) is 58.1 cm³/mol. The molecule has 0 radical (unpaired) electrons. The van der Waals surface area contributed by atoms with Crippen molar-refractivity contribution in [2.75, 3.05) is 6.61 Å². The van der Waals surface area contributed by atoms with E-state index in [4.69, 9.17) is 15.1 Å². The predicted octanol–water partition coefficient (Wildman–Crippen LogP) is 2.00. The second-order valence-corrected chi connectivity index (χ2v) is 3.33. The zero-order valence-corrected chi connectivity index (χ0v) is 8.85. The Morgan fingerprint density at radius 2 is 2.31 bits per heavy atom. The summed E-state index contributed by atoms with van der Waals surface area (Å²) in [5, 5.41) is 17.0. The Balaban J connectivity index is 2.47. The highest BCUT2D eigenvalue weighted by atomic mass is 16.5. The highest BCUT2D eigenvalue weighted by molar-refractivity contribution is 5.70. The van der Waals surface area contributed by atoms with Gasteiger partial charge in [-0.15, -0.1) is 0 Å². The number of hydrogen-bond donors (Lipinski definition) is 1. The fourth-order valence-corrected chi connectivity index (χ4v) is 1.26. The summed E-state index contributed by atoms with van der Waals surface area (Å²) in [6.45, 7) is 0.476. The quantitative estimate of drug-likeness (QED) is 0.743. The van der Waals surface area contributed by atoms with Crippen molar-refractivity contribution in [3.05, 3.63) is 29.8 Å². The summed E-state index contributed by atoms with van der Waals surface area (Å²) < 4.78 is 5.39. The third-order valence-corrected chi connectivity index (χ3v) is 1.96. The number of ether oxygens (including phenoxy) is 1. The molecule has 0 unspecified atom stereocenters. The van der Waals surface area contributed by atoms with Gasteiger partial charge in [-0.2, -0.15) is 5.26 Å². The number of carbonyl (C=O) groups is 1. The minimum Gasteiger partial charge on any atom is -0.494 e. The standard InChI is InChI=1S/C12H13NO3/c13-6-1-2-7-16-11-5-3-4-10(8-11)9-12(14)15/h3-5,8H,1-2,7,9H2,(H,14,15). The summed E-state index contributed by atoms with van der Waals surface area (Å²) in [6.07, 6.45) is 1.14. The second kappa shape index (κ2) is 6.46. The van der Waals surface area contributed by atoms with Crippen LogP contribution in [0.25, 0.3) is 0 Å². The molecular weight excluding hydrogens is 206 g/mol. The van der Waals surface area contributed by atoms with E-state index >= 15 is 0 Å². The Labute approximate surface area is 94.1 Å². The van der Waals surface area contributed by atoms with Gasteiger partial charge < -0.3 is 9.84 Å². The number of benzene rings is 1. The minimum absolute atomic E-state index is 0.00457. The maximum atomic E-state index is 10.5. The average Bonchev–Trinajstić information content (AvgIpc) is 2.24. The summed E-state index contributed by atoms with van der Waals surface area (Å²) >= 11 is 0. The topological polar surface area (TPSA) is 70.3 Å². The van der Waals surface area contributed by atoms with Crippen molar-refractivity contribution in [3.8, 4) is 11.8 Å². The molecule has 0 aliphatic carbocycles. The van der Waals surface area contributed by atoms with Gasteiger partial charge in [0, 0.05) is 6.42 Å². The van der Waals surface area contributed by atoms with Gasteiger partial charge in [0.15, 0.2) is 0 Å². The van der Waals surface area contributed by atoms with Crippen LogP contribution >= 0.6 is 0 Å². The van der Waals surface area contributed by atoms with Gasteiger partial charge in [0.25, 0.3) is 0 Å². The van der Waals surface area contributed by atoms with Crippen LogP contribution < -0.4 is 4.74 Å². The third kappa shape index (κ3) is 4.47. The fourth-order valence-electron chi connectivity index (χ4n) is 1.26. The molecule has 1 rings (SSSR count). The molecule has 1 N–H and O–H groups in total. The first kappa shape index (κ1) is 12.1. The van der Waals surface area contributed by atoms with Crippen LogP contribution in [0.5, 0.6) is 5.75 Å². The van der Waals surface area contributed by atoms with Crippen molar-refractivity contribution in [3.63, 3.8) is 0 Å². The van der Waals surface area contributed by atoms with Crippen LogP contribution in [0.4, 0.5) is 0 Å². The molecule has 0 saturated carbocycles. The van der Waals surface area contributed by atoms with E-state index in [1.54, 1.807) is 24.3 Å². The monoisotopic (exact) mass is 219 g/mol. The van der Waals surface area contributed by atoms with Gasteiger partial charge in [-0.3, -0.25) is 4.79 Å². The smallest absolute Gasteiger partial charge is 0.307 e. The Morgan fingerprint density at radius 3 is 3.00 bits per heavy atom. The van der Waals surface area contributed by atoms with Crippen molar-refractivity contribution >= 4 is 5.97 Å². The van der Waals surface area contributed by atoms with Crippen LogP contribution in [0.3, 0.4) is 0 Å². The number of nitrogens with zero attached hydrogens (tertiary/aromatic N) is 1. The molecule has 0 saturated heterocycles. The van der Waals surface area contributed by atoms with E-state index in [2.05, 4.69) is 0 Å². The van der Waals surface area contributed by atoms with E-state index in [1.807, 2.05) is 6.07 Å². The van der Waals surface area contributed by atoms with E-state index in [0.717, 1.165) is 0 Å². The summed E-state index contributed by atoms with van der Waals surface area (Å²) in [6, 6.07) is 9.03. The summed E-state index contributed by atoms with van der Waals surface area (Å²) in [5.74, 6) is -0.210. The molecule has 16 heavy (non-hydrogen) atoms. The van der Waals surface area contributed by atoms with Crippen molar-refractivity contribution < 1.29 is 14.6 Å². The van der Waals surface area contributed by atoms with Gasteiger partial charge in [0.05, 0.1) is 19.1 Å². The van der Waals surface area contributed by atoms with E-state index < -0.39 is 5.97 Å². The maximum Gasteiger partial charge on any atom is 0.307 e. The lowest BCUT2D eigenvalue weighted by Crippen LogP contribution is -2.01. The van der Waals surface area contributed by atoms with Gasteiger partial charge in [0.2, 0.25) is 0 Å². The number of carboxylic acid groups (broad SMARTS) is 1. The van der Waals surface area contributed by atoms with Crippen LogP contribution in [-0.2, 0) is 11.2 Å². The largest absolute Gasteiger partial charge is 0.494 e. The molecule has 0 fully saturated rings. The molecule has 1 aromatic carbocycles. The number of nitriles is 1. The molecule has 0 amide bonds. The molecule has 0 aromatic heterocycles. The second-order valence-electron chi connectivity index (χ2n) is 3.33. The fraction of sp³-hybridized carbons (Fsp3) is 0.333. The summed E-state index contributed by atoms with van der Waals surface area (Å²) in [7, 11) is 0. The molecule has 0 spiro atoms. The summed E-state index contributed by atoms with van der Waals surface area (Å²) in [4.78, 5) is 10.5. The third-order valence-electron chi connectivity index (χ3n) is 1.96. The lowest BCUT2D eigenvalue weighted by Gasteiger charge is -2.05. The van der Waals surface area contributed by atoms with Gasteiger partial charge in [0.1, 0.15) is 5.75 Å². The molecule has 1 aromatic rings. The number of hydrogen-bond acceptors (Lipinski definition) is 3.